The zero-order chi connectivity index (χ0) is 7.84. The predicted octanol–water partition coefficient (Wildman–Crippen LogP) is 0.851. The SMILES string of the molecule is N[C@@H]1CC[C@H]2C[C@H]1CC[C@@H]2N. The van der Waals surface area contributed by atoms with E-state index in [1.165, 1.54) is 32.1 Å². The lowest BCUT2D eigenvalue weighted by atomic mass is 9.68. The molecule has 2 saturated carbocycles. The quantitative estimate of drug-likeness (QED) is 0.543. The van der Waals surface area contributed by atoms with Gasteiger partial charge in [0.25, 0.3) is 0 Å². The van der Waals surface area contributed by atoms with Gasteiger partial charge in [-0.3, -0.25) is 0 Å². The summed E-state index contributed by atoms with van der Waals surface area (Å²) in [7, 11) is 0. The lowest BCUT2D eigenvalue weighted by molar-refractivity contribution is 0.143. The third-order valence-electron chi connectivity index (χ3n) is 3.56. The fourth-order valence-corrected chi connectivity index (χ4v) is 2.69. The van der Waals surface area contributed by atoms with E-state index in [9.17, 15) is 0 Å². The summed E-state index contributed by atoms with van der Waals surface area (Å²) in [6.07, 6.45) is 6.28. The maximum Gasteiger partial charge on any atom is 0.00673 e. The molecule has 0 amide bonds. The maximum atomic E-state index is 5.99. The minimum atomic E-state index is 0.485. The smallest absolute Gasteiger partial charge is 0.00673 e. The first-order chi connectivity index (χ1) is 5.27. The monoisotopic (exact) mass is 154 g/mol. The summed E-state index contributed by atoms with van der Waals surface area (Å²) in [4.78, 5) is 0. The third kappa shape index (κ3) is 1.30. The van der Waals surface area contributed by atoms with Crippen molar-refractivity contribution in [3.8, 4) is 0 Å². The normalized spacial score (nSPS) is 50.7. The Labute approximate surface area is 68.3 Å². The van der Waals surface area contributed by atoms with Crippen LogP contribution in [0.5, 0.6) is 0 Å². The van der Waals surface area contributed by atoms with Gasteiger partial charge in [-0.15, -0.1) is 0 Å². The number of rotatable bonds is 0. The van der Waals surface area contributed by atoms with Gasteiger partial charge in [-0.1, -0.05) is 0 Å². The maximum absolute atomic E-state index is 5.99. The number of hydrogen-bond acceptors (Lipinski definition) is 2. The van der Waals surface area contributed by atoms with Crippen molar-refractivity contribution in [2.45, 2.75) is 44.2 Å². The van der Waals surface area contributed by atoms with Gasteiger partial charge < -0.3 is 11.5 Å². The minimum absolute atomic E-state index is 0.485. The predicted molar refractivity (Wildman–Crippen MR) is 46.0 cm³/mol. The second-order valence-corrected chi connectivity index (χ2v) is 4.24. The van der Waals surface area contributed by atoms with E-state index in [0.29, 0.717) is 12.1 Å². The third-order valence-corrected chi connectivity index (χ3v) is 3.56. The van der Waals surface area contributed by atoms with Gasteiger partial charge >= 0.3 is 0 Å². The van der Waals surface area contributed by atoms with Crippen molar-refractivity contribution in [3.05, 3.63) is 0 Å². The van der Waals surface area contributed by atoms with Crippen molar-refractivity contribution >= 4 is 0 Å². The van der Waals surface area contributed by atoms with Crippen molar-refractivity contribution in [2.24, 2.45) is 23.3 Å². The van der Waals surface area contributed by atoms with E-state index in [2.05, 4.69) is 0 Å². The Balaban J connectivity index is 2.02. The molecule has 64 valence electrons. The topological polar surface area (TPSA) is 52.0 Å². The number of nitrogens with two attached hydrogens (primary N) is 2. The summed E-state index contributed by atoms with van der Waals surface area (Å²) in [5, 5.41) is 0. The van der Waals surface area contributed by atoms with Crippen LogP contribution >= 0.6 is 0 Å². The van der Waals surface area contributed by atoms with Gasteiger partial charge in [0.15, 0.2) is 0 Å². The summed E-state index contributed by atoms with van der Waals surface area (Å²) >= 11 is 0. The first-order valence-corrected chi connectivity index (χ1v) is 4.78. The van der Waals surface area contributed by atoms with Crippen LogP contribution in [0.3, 0.4) is 0 Å². The standard InChI is InChI=1S/C9H18N2/c10-8-3-1-6-5-7(8)2-4-9(6)11/h6-9H,1-5,10-11H2/t6-,7+,8+,9-. The van der Waals surface area contributed by atoms with Gasteiger partial charge in [0.05, 0.1) is 0 Å². The highest BCUT2D eigenvalue weighted by atomic mass is 14.7. The molecule has 4 atom stereocenters. The molecule has 11 heavy (non-hydrogen) atoms. The first kappa shape index (κ1) is 7.56. The Morgan fingerprint density at radius 1 is 0.727 bits per heavy atom. The number of hydrogen-bond donors (Lipinski definition) is 2. The fourth-order valence-electron chi connectivity index (χ4n) is 2.69. The Kier molecular flexibility index (Phi) is 1.90. The molecule has 0 unspecified atom stereocenters. The second-order valence-electron chi connectivity index (χ2n) is 4.24. The summed E-state index contributed by atoms with van der Waals surface area (Å²) in [6, 6.07) is 0.970. The van der Waals surface area contributed by atoms with Crippen LogP contribution in [-0.2, 0) is 0 Å². The van der Waals surface area contributed by atoms with E-state index in [0.717, 1.165) is 11.8 Å². The molecule has 0 aliphatic heterocycles. The lowest BCUT2D eigenvalue weighted by Gasteiger charge is -2.41. The van der Waals surface area contributed by atoms with Crippen LogP contribution in [0.1, 0.15) is 32.1 Å². The largest absolute Gasteiger partial charge is 0.327 e. The molecular weight excluding hydrogens is 136 g/mol. The van der Waals surface area contributed by atoms with E-state index < -0.39 is 0 Å². The van der Waals surface area contributed by atoms with Crippen LogP contribution in [0.4, 0.5) is 0 Å². The Morgan fingerprint density at radius 2 is 1.18 bits per heavy atom. The van der Waals surface area contributed by atoms with E-state index in [1.807, 2.05) is 0 Å². The molecular formula is C9H18N2. The van der Waals surface area contributed by atoms with E-state index >= 15 is 0 Å². The van der Waals surface area contributed by atoms with Crippen molar-refractivity contribution in [2.75, 3.05) is 0 Å². The summed E-state index contributed by atoms with van der Waals surface area (Å²) in [5.74, 6) is 1.60. The van der Waals surface area contributed by atoms with Gasteiger partial charge in [-0.05, 0) is 43.9 Å². The van der Waals surface area contributed by atoms with Crippen molar-refractivity contribution in [1.82, 2.24) is 0 Å². The van der Waals surface area contributed by atoms with Gasteiger partial charge in [-0.2, -0.15) is 0 Å². The second kappa shape index (κ2) is 2.76. The fraction of sp³-hybridized carbons (Fsp3) is 1.00. The molecule has 2 fully saturated rings. The highest BCUT2D eigenvalue weighted by Gasteiger charge is 2.35. The van der Waals surface area contributed by atoms with Crippen LogP contribution in [0, 0.1) is 11.8 Å². The minimum Gasteiger partial charge on any atom is -0.327 e. The van der Waals surface area contributed by atoms with Crippen molar-refractivity contribution in [1.29, 1.82) is 0 Å². The molecule has 2 aliphatic carbocycles. The molecule has 2 aliphatic rings. The molecule has 0 saturated heterocycles. The molecule has 2 bridgehead atoms. The lowest BCUT2D eigenvalue weighted by Crippen LogP contribution is -2.46. The van der Waals surface area contributed by atoms with Crippen molar-refractivity contribution in [3.63, 3.8) is 0 Å². The molecule has 0 aromatic rings. The molecule has 0 radical (unpaired) electrons. The van der Waals surface area contributed by atoms with Crippen LogP contribution in [0.15, 0.2) is 0 Å². The van der Waals surface area contributed by atoms with Gasteiger partial charge in [0, 0.05) is 12.1 Å². The molecule has 2 nitrogen and oxygen atoms in total. The van der Waals surface area contributed by atoms with Gasteiger partial charge in [0.2, 0.25) is 0 Å². The first-order valence-electron chi connectivity index (χ1n) is 4.78. The molecule has 2 heteroatoms. The van der Waals surface area contributed by atoms with Crippen LogP contribution in [0.2, 0.25) is 0 Å². The molecule has 2 rings (SSSR count). The Morgan fingerprint density at radius 3 is 1.64 bits per heavy atom. The van der Waals surface area contributed by atoms with E-state index in [1.54, 1.807) is 0 Å². The van der Waals surface area contributed by atoms with Gasteiger partial charge in [-0.25, -0.2) is 0 Å². The molecule has 0 aromatic heterocycles. The van der Waals surface area contributed by atoms with Crippen LogP contribution in [-0.4, -0.2) is 12.1 Å². The average molecular weight is 154 g/mol. The molecule has 0 spiro atoms. The zero-order valence-electron chi connectivity index (χ0n) is 7.00. The summed E-state index contributed by atoms with van der Waals surface area (Å²) < 4.78 is 0. The van der Waals surface area contributed by atoms with Gasteiger partial charge in [0.1, 0.15) is 0 Å². The average Bonchev–Trinajstić information content (AvgIpc) is 2.02. The summed E-state index contributed by atoms with van der Waals surface area (Å²) in [5.41, 5.74) is 12.0. The Bertz CT molecular complexity index is 130. The van der Waals surface area contributed by atoms with E-state index in [-0.39, 0.29) is 0 Å². The molecule has 0 aromatic carbocycles. The highest BCUT2D eigenvalue weighted by molar-refractivity contribution is 4.91. The van der Waals surface area contributed by atoms with Crippen molar-refractivity contribution < 1.29 is 0 Å². The van der Waals surface area contributed by atoms with E-state index in [4.69, 9.17) is 11.5 Å². The molecule has 0 heterocycles. The van der Waals surface area contributed by atoms with Crippen LogP contribution < -0.4 is 11.5 Å². The zero-order valence-corrected chi connectivity index (χ0v) is 7.00. The van der Waals surface area contributed by atoms with Crippen LogP contribution in [0.25, 0.3) is 0 Å². The number of fused-ring (bicyclic) bond motifs is 2. The molecule has 4 N–H and O–H groups in total. The summed E-state index contributed by atoms with van der Waals surface area (Å²) in [6.45, 7) is 0. The Hall–Kier alpha value is -0.0800. The highest BCUT2D eigenvalue weighted by Crippen LogP contribution is 2.38.